The largest absolute Gasteiger partial charge is 0.314 e. The number of allylic oxidation sites excluding steroid dienone is 1. The molecule has 0 aliphatic rings. The van der Waals surface area contributed by atoms with Gasteiger partial charge >= 0.3 is 0 Å². The van der Waals surface area contributed by atoms with Gasteiger partial charge in [0.25, 0.3) is 0 Å². The lowest BCUT2D eigenvalue weighted by molar-refractivity contribution is 0.494. The first-order valence-corrected chi connectivity index (χ1v) is 6.39. The van der Waals surface area contributed by atoms with Gasteiger partial charge in [-0.3, -0.25) is 0 Å². The summed E-state index contributed by atoms with van der Waals surface area (Å²) in [5.41, 5.74) is 1.13. The number of likely N-dealkylation sites (N-methyl/N-ethyl adjacent to an activating group) is 1. The fraction of sp³-hybridized carbons (Fsp3) is 0.583. The number of hydrogen-bond donors (Lipinski definition) is 1. The molecule has 0 saturated heterocycles. The lowest BCUT2D eigenvalue weighted by atomic mass is 10.1. The van der Waals surface area contributed by atoms with E-state index in [1.807, 2.05) is 13.0 Å². The van der Waals surface area contributed by atoms with E-state index in [2.05, 4.69) is 29.2 Å². The molecule has 3 heteroatoms. The van der Waals surface area contributed by atoms with Crippen LogP contribution < -0.4 is 5.32 Å². The molecule has 0 aliphatic carbocycles. The van der Waals surface area contributed by atoms with Crippen LogP contribution in [0.1, 0.15) is 30.5 Å². The molecular weight excluding hydrogens is 204 g/mol. The van der Waals surface area contributed by atoms with Gasteiger partial charge in [-0.15, -0.1) is 17.9 Å². The van der Waals surface area contributed by atoms with Gasteiger partial charge in [-0.25, -0.2) is 4.98 Å². The van der Waals surface area contributed by atoms with E-state index in [0.717, 1.165) is 31.5 Å². The van der Waals surface area contributed by atoms with Gasteiger partial charge in [-0.2, -0.15) is 0 Å². The molecule has 2 nitrogen and oxygen atoms in total. The van der Waals surface area contributed by atoms with Crippen LogP contribution in [0.25, 0.3) is 0 Å². The van der Waals surface area contributed by atoms with Crippen LogP contribution in [-0.4, -0.2) is 17.6 Å². The van der Waals surface area contributed by atoms with Gasteiger partial charge in [0.1, 0.15) is 0 Å². The highest BCUT2D eigenvalue weighted by Crippen LogP contribution is 2.13. The topological polar surface area (TPSA) is 24.9 Å². The first kappa shape index (κ1) is 12.4. The van der Waals surface area contributed by atoms with Crippen LogP contribution in [0.15, 0.2) is 18.0 Å². The molecule has 1 N–H and O–H groups in total. The number of hydrogen-bond acceptors (Lipinski definition) is 3. The molecular formula is C12H20N2S. The predicted molar refractivity (Wildman–Crippen MR) is 67.5 cm³/mol. The summed E-state index contributed by atoms with van der Waals surface area (Å²) in [4.78, 5) is 4.49. The quantitative estimate of drug-likeness (QED) is 0.720. The Morgan fingerprint density at radius 1 is 1.67 bits per heavy atom. The van der Waals surface area contributed by atoms with Crippen molar-refractivity contribution in [1.29, 1.82) is 0 Å². The number of rotatable bonds is 7. The van der Waals surface area contributed by atoms with Crippen LogP contribution in [0.2, 0.25) is 0 Å². The van der Waals surface area contributed by atoms with Gasteiger partial charge in [-0.1, -0.05) is 13.0 Å². The van der Waals surface area contributed by atoms with Gasteiger partial charge in [0, 0.05) is 23.5 Å². The van der Waals surface area contributed by atoms with Crippen LogP contribution >= 0.6 is 11.3 Å². The molecule has 84 valence electrons. The Bertz CT molecular complexity index is 294. The third-order valence-corrected chi connectivity index (χ3v) is 3.29. The summed E-state index contributed by atoms with van der Waals surface area (Å²) in [6, 6.07) is 0.540. The van der Waals surface area contributed by atoms with Gasteiger partial charge in [0.15, 0.2) is 0 Å². The van der Waals surface area contributed by atoms with Crippen molar-refractivity contribution in [2.45, 2.75) is 39.2 Å². The molecule has 0 fully saturated rings. The Kier molecular flexibility index (Phi) is 5.58. The molecule has 0 aliphatic heterocycles. The summed E-state index contributed by atoms with van der Waals surface area (Å²) in [5.74, 6) is 0. The van der Waals surface area contributed by atoms with Gasteiger partial charge in [0.05, 0.1) is 5.01 Å². The zero-order chi connectivity index (χ0) is 11.1. The van der Waals surface area contributed by atoms with Crippen molar-refractivity contribution in [2.24, 2.45) is 0 Å². The minimum absolute atomic E-state index is 0.540. The first-order chi connectivity index (χ1) is 7.26. The molecule has 0 bridgehead atoms. The Morgan fingerprint density at radius 3 is 3.00 bits per heavy atom. The molecule has 0 spiro atoms. The van der Waals surface area contributed by atoms with Crippen LogP contribution in [0.3, 0.4) is 0 Å². The minimum atomic E-state index is 0.540. The van der Waals surface area contributed by atoms with Gasteiger partial charge < -0.3 is 5.32 Å². The van der Waals surface area contributed by atoms with Crippen molar-refractivity contribution in [3.8, 4) is 0 Å². The number of thiazole rings is 1. The maximum absolute atomic E-state index is 4.49. The van der Waals surface area contributed by atoms with Crippen LogP contribution in [0.4, 0.5) is 0 Å². The third-order valence-electron chi connectivity index (χ3n) is 2.30. The summed E-state index contributed by atoms with van der Waals surface area (Å²) in [7, 11) is 0. The van der Waals surface area contributed by atoms with Crippen molar-refractivity contribution in [2.75, 3.05) is 6.54 Å². The summed E-state index contributed by atoms with van der Waals surface area (Å²) in [6.45, 7) is 8.98. The Morgan fingerprint density at radius 2 is 2.47 bits per heavy atom. The van der Waals surface area contributed by atoms with Crippen molar-refractivity contribution in [3.05, 3.63) is 28.7 Å². The monoisotopic (exact) mass is 224 g/mol. The number of aromatic nitrogens is 1. The predicted octanol–water partition coefficient (Wildman–Crippen LogP) is 2.94. The standard InChI is InChI=1S/C12H20N2S/c1-4-6-7-11(13-5-2)8-12-14-10(3)9-15-12/h4,9,11,13H,1,5-8H2,2-3H3. The zero-order valence-corrected chi connectivity index (χ0v) is 10.4. The minimum Gasteiger partial charge on any atom is -0.314 e. The Labute approximate surface area is 96.4 Å². The van der Waals surface area contributed by atoms with Crippen molar-refractivity contribution in [1.82, 2.24) is 10.3 Å². The Hall–Kier alpha value is -0.670. The SMILES string of the molecule is C=CCCC(Cc1nc(C)cs1)NCC. The number of aryl methyl sites for hydroxylation is 1. The van der Waals surface area contributed by atoms with Crippen molar-refractivity contribution >= 4 is 11.3 Å². The van der Waals surface area contributed by atoms with E-state index in [1.54, 1.807) is 11.3 Å². The molecule has 0 radical (unpaired) electrons. The summed E-state index contributed by atoms with van der Waals surface area (Å²) < 4.78 is 0. The zero-order valence-electron chi connectivity index (χ0n) is 9.62. The molecule has 1 unspecified atom stereocenters. The molecule has 1 aromatic rings. The van der Waals surface area contributed by atoms with Crippen molar-refractivity contribution < 1.29 is 0 Å². The second kappa shape index (κ2) is 6.75. The average Bonchev–Trinajstić information content (AvgIpc) is 2.61. The highest BCUT2D eigenvalue weighted by molar-refractivity contribution is 7.09. The molecule has 1 aromatic heterocycles. The average molecular weight is 224 g/mol. The number of nitrogens with one attached hydrogen (secondary N) is 1. The van der Waals surface area contributed by atoms with E-state index in [1.165, 1.54) is 5.01 Å². The highest BCUT2D eigenvalue weighted by atomic mass is 32.1. The van der Waals surface area contributed by atoms with E-state index < -0.39 is 0 Å². The third kappa shape index (κ3) is 4.58. The lowest BCUT2D eigenvalue weighted by Crippen LogP contribution is -2.30. The number of nitrogens with zero attached hydrogens (tertiary/aromatic N) is 1. The molecule has 15 heavy (non-hydrogen) atoms. The Balaban J connectivity index is 2.45. The smallest absolute Gasteiger partial charge is 0.0943 e. The first-order valence-electron chi connectivity index (χ1n) is 5.51. The molecule has 1 atom stereocenters. The molecule has 0 amide bonds. The lowest BCUT2D eigenvalue weighted by Gasteiger charge is -2.15. The van der Waals surface area contributed by atoms with Gasteiger partial charge in [-0.05, 0) is 26.3 Å². The molecule has 0 aromatic carbocycles. The maximum Gasteiger partial charge on any atom is 0.0943 e. The molecule has 1 rings (SSSR count). The van der Waals surface area contributed by atoms with Crippen LogP contribution in [0, 0.1) is 6.92 Å². The maximum atomic E-state index is 4.49. The highest BCUT2D eigenvalue weighted by Gasteiger charge is 2.09. The normalized spacial score (nSPS) is 12.7. The summed E-state index contributed by atoms with van der Waals surface area (Å²) in [6.07, 6.45) is 5.25. The van der Waals surface area contributed by atoms with E-state index in [0.29, 0.717) is 6.04 Å². The van der Waals surface area contributed by atoms with Crippen LogP contribution in [0.5, 0.6) is 0 Å². The van der Waals surface area contributed by atoms with Crippen LogP contribution in [-0.2, 0) is 6.42 Å². The van der Waals surface area contributed by atoms with E-state index in [4.69, 9.17) is 0 Å². The van der Waals surface area contributed by atoms with E-state index >= 15 is 0 Å². The van der Waals surface area contributed by atoms with E-state index in [9.17, 15) is 0 Å². The second-order valence-electron chi connectivity index (χ2n) is 3.71. The molecule has 0 saturated carbocycles. The van der Waals surface area contributed by atoms with Gasteiger partial charge in [0.2, 0.25) is 0 Å². The fourth-order valence-electron chi connectivity index (χ4n) is 1.59. The molecule has 1 heterocycles. The van der Waals surface area contributed by atoms with E-state index in [-0.39, 0.29) is 0 Å². The second-order valence-corrected chi connectivity index (χ2v) is 4.65. The van der Waals surface area contributed by atoms with Crippen molar-refractivity contribution in [3.63, 3.8) is 0 Å². The summed E-state index contributed by atoms with van der Waals surface area (Å²) >= 11 is 1.76. The summed E-state index contributed by atoms with van der Waals surface area (Å²) in [5, 5.41) is 6.85. The fourth-order valence-corrected chi connectivity index (χ4v) is 2.44.